The summed E-state index contributed by atoms with van der Waals surface area (Å²) < 4.78 is 4.79. The number of rotatable bonds is 8. The lowest BCUT2D eigenvalue weighted by atomic mass is 10.2. The Hall–Kier alpha value is -1.83. The van der Waals surface area contributed by atoms with Gasteiger partial charge in [0.2, 0.25) is 5.91 Å². The van der Waals surface area contributed by atoms with Crippen molar-refractivity contribution >= 4 is 17.9 Å². The SMILES string of the molecule is COCCC(NC(=O)NCCC(=O)N1CCCC1)C(=O)O. The number of hydrogen-bond acceptors (Lipinski definition) is 4. The van der Waals surface area contributed by atoms with E-state index in [0.717, 1.165) is 25.9 Å². The second-order valence-electron chi connectivity index (χ2n) is 4.91. The zero-order valence-electron chi connectivity index (χ0n) is 12.3. The molecule has 21 heavy (non-hydrogen) atoms. The van der Waals surface area contributed by atoms with Crippen LogP contribution in [0.3, 0.4) is 0 Å². The number of ether oxygens (including phenoxy) is 1. The fourth-order valence-corrected chi connectivity index (χ4v) is 2.11. The molecule has 0 saturated carbocycles. The molecule has 8 heteroatoms. The van der Waals surface area contributed by atoms with Crippen molar-refractivity contribution in [3.8, 4) is 0 Å². The van der Waals surface area contributed by atoms with Crippen molar-refractivity contribution in [3.05, 3.63) is 0 Å². The van der Waals surface area contributed by atoms with Crippen molar-refractivity contribution in [2.45, 2.75) is 31.7 Å². The summed E-state index contributed by atoms with van der Waals surface area (Å²) >= 11 is 0. The molecule has 0 spiro atoms. The molecule has 1 atom stereocenters. The molecule has 3 amide bonds. The van der Waals surface area contributed by atoms with Gasteiger partial charge >= 0.3 is 12.0 Å². The van der Waals surface area contributed by atoms with E-state index in [9.17, 15) is 14.4 Å². The summed E-state index contributed by atoms with van der Waals surface area (Å²) in [6, 6.07) is -1.59. The number of urea groups is 1. The molecule has 1 aliphatic rings. The molecule has 0 aromatic carbocycles. The van der Waals surface area contributed by atoms with Crippen LogP contribution in [0.5, 0.6) is 0 Å². The van der Waals surface area contributed by atoms with Gasteiger partial charge in [-0.25, -0.2) is 9.59 Å². The van der Waals surface area contributed by atoms with Crippen molar-refractivity contribution in [1.82, 2.24) is 15.5 Å². The fourth-order valence-electron chi connectivity index (χ4n) is 2.11. The van der Waals surface area contributed by atoms with Crippen LogP contribution < -0.4 is 10.6 Å². The minimum Gasteiger partial charge on any atom is -0.480 e. The molecule has 3 N–H and O–H groups in total. The Labute approximate surface area is 123 Å². The Kier molecular flexibility index (Phi) is 7.52. The number of likely N-dealkylation sites (tertiary alicyclic amines) is 1. The van der Waals surface area contributed by atoms with E-state index in [4.69, 9.17) is 9.84 Å². The van der Waals surface area contributed by atoms with Crippen LogP contribution in [-0.2, 0) is 14.3 Å². The van der Waals surface area contributed by atoms with Crippen LogP contribution in [0.2, 0.25) is 0 Å². The molecular formula is C13H23N3O5. The van der Waals surface area contributed by atoms with Gasteiger partial charge in [0.15, 0.2) is 0 Å². The van der Waals surface area contributed by atoms with Gasteiger partial charge in [0.25, 0.3) is 0 Å². The highest BCUT2D eigenvalue weighted by Gasteiger charge is 2.20. The van der Waals surface area contributed by atoms with Gasteiger partial charge in [-0.05, 0) is 12.8 Å². The van der Waals surface area contributed by atoms with Crippen molar-refractivity contribution in [2.75, 3.05) is 33.4 Å². The average molecular weight is 301 g/mol. The molecule has 0 aromatic rings. The Morgan fingerprint density at radius 3 is 2.52 bits per heavy atom. The van der Waals surface area contributed by atoms with Gasteiger partial charge in [0.1, 0.15) is 6.04 Å². The molecule has 1 fully saturated rings. The van der Waals surface area contributed by atoms with E-state index < -0.39 is 18.0 Å². The van der Waals surface area contributed by atoms with E-state index in [2.05, 4.69) is 10.6 Å². The lowest BCUT2D eigenvalue weighted by molar-refractivity contribution is -0.139. The van der Waals surface area contributed by atoms with Crippen LogP contribution in [0.4, 0.5) is 4.79 Å². The molecule has 0 aromatic heterocycles. The maximum atomic E-state index is 11.7. The van der Waals surface area contributed by atoms with E-state index in [1.807, 2.05) is 0 Å². The standard InChI is InChI=1S/C13H23N3O5/c1-21-9-5-10(12(18)19)15-13(20)14-6-4-11(17)16-7-2-3-8-16/h10H,2-9H2,1H3,(H,18,19)(H2,14,15,20). The normalized spacial score (nSPS) is 15.6. The third kappa shape index (κ3) is 6.44. The number of nitrogens with one attached hydrogen (secondary N) is 2. The smallest absolute Gasteiger partial charge is 0.326 e. The zero-order chi connectivity index (χ0) is 15.7. The number of carboxylic acids is 1. The van der Waals surface area contributed by atoms with Gasteiger partial charge in [-0.2, -0.15) is 0 Å². The van der Waals surface area contributed by atoms with Crippen LogP contribution >= 0.6 is 0 Å². The van der Waals surface area contributed by atoms with Crippen LogP contribution in [-0.4, -0.2) is 67.3 Å². The topological polar surface area (TPSA) is 108 Å². The second-order valence-corrected chi connectivity index (χ2v) is 4.91. The number of carboxylic acid groups (broad SMARTS) is 1. The number of hydrogen-bond donors (Lipinski definition) is 3. The number of carbonyl (C=O) groups excluding carboxylic acids is 2. The van der Waals surface area contributed by atoms with E-state index >= 15 is 0 Å². The largest absolute Gasteiger partial charge is 0.480 e. The molecule has 1 aliphatic heterocycles. The van der Waals surface area contributed by atoms with E-state index in [0.29, 0.717) is 0 Å². The first kappa shape index (κ1) is 17.2. The van der Waals surface area contributed by atoms with Crippen LogP contribution in [0.25, 0.3) is 0 Å². The highest BCUT2D eigenvalue weighted by molar-refractivity contribution is 5.83. The Balaban J connectivity index is 2.22. The third-order valence-corrected chi connectivity index (χ3v) is 3.30. The molecule has 0 radical (unpaired) electrons. The number of carbonyl (C=O) groups is 3. The molecule has 1 saturated heterocycles. The Morgan fingerprint density at radius 2 is 1.95 bits per heavy atom. The van der Waals surface area contributed by atoms with Crippen molar-refractivity contribution < 1.29 is 24.2 Å². The minimum atomic E-state index is -1.12. The quantitative estimate of drug-likeness (QED) is 0.575. The van der Waals surface area contributed by atoms with Gasteiger partial charge in [-0.1, -0.05) is 0 Å². The summed E-state index contributed by atoms with van der Waals surface area (Å²) in [5.74, 6) is -1.10. The Bertz CT molecular complexity index is 369. The monoisotopic (exact) mass is 301 g/mol. The summed E-state index contributed by atoms with van der Waals surface area (Å²) in [6.07, 6.45) is 2.47. The maximum Gasteiger partial charge on any atom is 0.326 e. The van der Waals surface area contributed by atoms with Crippen molar-refractivity contribution in [2.24, 2.45) is 0 Å². The average Bonchev–Trinajstić information content (AvgIpc) is 2.97. The number of amides is 3. The van der Waals surface area contributed by atoms with Crippen LogP contribution in [0.15, 0.2) is 0 Å². The van der Waals surface area contributed by atoms with Crippen LogP contribution in [0.1, 0.15) is 25.7 Å². The highest BCUT2D eigenvalue weighted by atomic mass is 16.5. The van der Waals surface area contributed by atoms with Gasteiger partial charge in [0.05, 0.1) is 0 Å². The maximum absolute atomic E-state index is 11.7. The first-order chi connectivity index (χ1) is 10.0. The Morgan fingerprint density at radius 1 is 1.29 bits per heavy atom. The van der Waals surface area contributed by atoms with Gasteiger partial charge in [0, 0.05) is 46.2 Å². The predicted octanol–water partition coefficient (Wildman–Crippen LogP) is -0.212. The number of aliphatic carboxylic acids is 1. The molecule has 0 bridgehead atoms. The van der Waals surface area contributed by atoms with Crippen molar-refractivity contribution in [1.29, 1.82) is 0 Å². The lowest BCUT2D eigenvalue weighted by Gasteiger charge is -2.16. The van der Waals surface area contributed by atoms with Gasteiger partial charge in [-0.15, -0.1) is 0 Å². The second kappa shape index (κ2) is 9.17. The molecule has 8 nitrogen and oxygen atoms in total. The molecule has 120 valence electrons. The number of methoxy groups -OCH3 is 1. The van der Waals surface area contributed by atoms with E-state index in [1.54, 1.807) is 4.90 Å². The van der Waals surface area contributed by atoms with Crippen LogP contribution in [0, 0.1) is 0 Å². The predicted molar refractivity (Wildman–Crippen MR) is 74.9 cm³/mol. The summed E-state index contributed by atoms with van der Waals surface area (Å²) in [5, 5.41) is 13.8. The molecular weight excluding hydrogens is 278 g/mol. The summed E-state index contributed by atoms with van der Waals surface area (Å²) in [4.78, 5) is 36.0. The fraction of sp³-hybridized carbons (Fsp3) is 0.769. The third-order valence-electron chi connectivity index (χ3n) is 3.30. The summed E-state index contributed by atoms with van der Waals surface area (Å²) in [5.41, 5.74) is 0. The van der Waals surface area contributed by atoms with E-state index in [-0.39, 0.29) is 31.9 Å². The summed E-state index contributed by atoms with van der Waals surface area (Å²) in [7, 11) is 1.46. The zero-order valence-corrected chi connectivity index (χ0v) is 12.3. The first-order valence-corrected chi connectivity index (χ1v) is 7.08. The van der Waals surface area contributed by atoms with Crippen molar-refractivity contribution in [3.63, 3.8) is 0 Å². The molecule has 1 rings (SSSR count). The molecule has 1 unspecified atom stereocenters. The molecule has 1 heterocycles. The number of nitrogens with zero attached hydrogens (tertiary/aromatic N) is 1. The summed E-state index contributed by atoms with van der Waals surface area (Å²) in [6.45, 7) is 1.99. The van der Waals surface area contributed by atoms with Gasteiger partial charge in [-0.3, -0.25) is 4.79 Å². The first-order valence-electron chi connectivity index (χ1n) is 7.08. The van der Waals surface area contributed by atoms with Gasteiger partial charge < -0.3 is 25.4 Å². The minimum absolute atomic E-state index is 0.0157. The van der Waals surface area contributed by atoms with E-state index in [1.165, 1.54) is 7.11 Å². The highest BCUT2D eigenvalue weighted by Crippen LogP contribution is 2.08. The lowest BCUT2D eigenvalue weighted by Crippen LogP contribution is -2.47. The molecule has 0 aliphatic carbocycles.